The van der Waals surface area contributed by atoms with Crippen molar-refractivity contribution < 1.29 is 14.3 Å². The van der Waals surface area contributed by atoms with Crippen LogP contribution >= 0.6 is 11.8 Å². The van der Waals surface area contributed by atoms with E-state index in [1.165, 1.54) is 11.8 Å². The molecule has 0 atom stereocenters. The number of thioether (sulfide) groups is 1. The maximum atomic E-state index is 12.3. The van der Waals surface area contributed by atoms with E-state index in [1.54, 1.807) is 21.1 Å². The van der Waals surface area contributed by atoms with Crippen LogP contribution in [0.4, 0.5) is 5.69 Å². The molecule has 1 fully saturated rings. The lowest BCUT2D eigenvalue weighted by Crippen LogP contribution is -2.34. The number of nitrogens with one attached hydrogen (secondary N) is 2. The van der Waals surface area contributed by atoms with E-state index in [0.29, 0.717) is 34.2 Å². The van der Waals surface area contributed by atoms with Crippen molar-refractivity contribution in [1.82, 2.24) is 5.32 Å². The van der Waals surface area contributed by atoms with Gasteiger partial charge in [-0.3, -0.25) is 14.6 Å². The van der Waals surface area contributed by atoms with E-state index in [9.17, 15) is 9.59 Å². The minimum atomic E-state index is -0.0714. The van der Waals surface area contributed by atoms with Gasteiger partial charge in [0.05, 0.1) is 23.4 Å². The summed E-state index contributed by atoms with van der Waals surface area (Å²) in [7, 11) is 3.22. The van der Waals surface area contributed by atoms with Crippen LogP contribution in [0, 0.1) is 5.92 Å². The van der Waals surface area contributed by atoms with Gasteiger partial charge >= 0.3 is 0 Å². The van der Waals surface area contributed by atoms with E-state index in [2.05, 4.69) is 22.2 Å². The van der Waals surface area contributed by atoms with Crippen molar-refractivity contribution in [3.63, 3.8) is 0 Å². The largest absolute Gasteiger partial charge is 0.495 e. The monoisotopic (exact) mass is 385 g/mol. The summed E-state index contributed by atoms with van der Waals surface area (Å²) < 4.78 is 5.44. The first-order valence-electron chi connectivity index (χ1n) is 8.86. The molecule has 0 saturated heterocycles. The second-order valence-corrected chi connectivity index (χ2v) is 7.41. The third-order valence-corrected chi connectivity index (χ3v) is 5.65. The lowest BCUT2D eigenvalue weighted by atomic mass is 10.1. The van der Waals surface area contributed by atoms with Gasteiger partial charge in [-0.05, 0) is 25.0 Å². The number of hydrogen-bond donors (Lipinski definition) is 2. The van der Waals surface area contributed by atoms with E-state index in [-0.39, 0.29) is 17.6 Å². The molecule has 1 aliphatic carbocycles. The summed E-state index contributed by atoms with van der Waals surface area (Å²) in [5, 5.41) is 6.20. The summed E-state index contributed by atoms with van der Waals surface area (Å²) in [6.07, 6.45) is 2.15. The number of fused-ring (bicyclic) bond motifs is 1. The van der Waals surface area contributed by atoms with Gasteiger partial charge in [0, 0.05) is 29.9 Å². The highest BCUT2D eigenvalue weighted by Crippen LogP contribution is 2.46. The molecule has 3 rings (SSSR count). The number of amides is 1. The Hall–Kier alpha value is -2.54. The van der Waals surface area contributed by atoms with Crippen LogP contribution in [-0.2, 0) is 9.59 Å². The number of amidine groups is 1. The molecule has 27 heavy (non-hydrogen) atoms. The Morgan fingerprint density at radius 1 is 1.41 bits per heavy atom. The molecule has 2 N–H and O–H groups in total. The van der Waals surface area contributed by atoms with Gasteiger partial charge in [-0.25, -0.2) is 0 Å². The molecule has 1 aromatic carbocycles. The Bertz CT molecular complexity index is 869. The topological polar surface area (TPSA) is 79.8 Å². The van der Waals surface area contributed by atoms with Crippen LogP contribution in [0.1, 0.15) is 26.2 Å². The highest BCUT2D eigenvalue weighted by molar-refractivity contribution is 8.04. The molecule has 142 valence electrons. The molecule has 7 heteroatoms. The summed E-state index contributed by atoms with van der Waals surface area (Å²) in [5.74, 6) is 1.06. The molecule has 2 aliphatic rings. The molecule has 0 aromatic heterocycles. The Morgan fingerprint density at radius 3 is 2.74 bits per heavy atom. The quantitative estimate of drug-likeness (QED) is 0.445. The molecule has 1 heterocycles. The number of carbonyl (C=O) groups is 2. The summed E-state index contributed by atoms with van der Waals surface area (Å²) >= 11 is 1.44. The zero-order valence-electron chi connectivity index (χ0n) is 15.7. The fourth-order valence-corrected chi connectivity index (χ4v) is 3.88. The molecule has 1 aromatic rings. The number of benzene rings is 1. The maximum Gasteiger partial charge on any atom is 0.228 e. The van der Waals surface area contributed by atoms with Crippen molar-refractivity contribution in [2.45, 2.75) is 31.1 Å². The van der Waals surface area contributed by atoms with Crippen LogP contribution in [0.5, 0.6) is 5.75 Å². The summed E-state index contributed by atoms with van der Waals surface area (Å²) in [6.45, 7) is 5.77. The molecule has 0 bridgehead atoms. The Kier molecular flexibility index (Phi) is 5.70. The number of methoxy groups -OCH3 is 1. The molecule has 1 saturated carbocycles. The highest BCUT2D eigenvalue weighted by Gasteiger charge is 2.33. The molecule has 0 radical (unpaired) electrons. The number of rotatable bonds is 6. The van der Waals surface area contributed by atoms with Crippen molar-refractivity contribution in [1.29, 1.82) is 0 Å². The number of anilines is 1. The number of allylic oxidation sites excluding steroid dienone is 1. The van der Waals surface area contributed by atoms with Crippen LogP contribution in [0.25, 0.3) is 0 Å². The van der Waals surface area contributed by atoms with Crippen molar-refractivity contribution in [2.75, 3.05) is 19.5 Å². The number of nitrogens with zero attached hydrogens (tertiary/aromatic N) is 1. The van der Waals surface area contributed by atoms with Crippen LogP contribution in [-0.4, -0.2) is 31.7 Å². The molecule has 6 nitrogen and oxygen atoms in total. The highest BCUT2D eigenvalue weighted by atomic mass is 32.2. The normalized spacial score (nSPS) is 16.3. The molecule has 1 amide bonds. The van der Waals surface area contributed by atoms with Crippen molar-refractivity contribution in [3.05, 3.63) is 41.0 Å². The van der Waals surface area contributed by atoms with E-state index in [1.807, 2.05) is 18.2 Å². The molecule has 1 aliphatic heterocycles. The van der Waals surface area contributed by atoms with Gasteiger partial charge in [-0.2, -0.15) is 0 Å². The smallest absolute Gasteiger partial charge is 0.228 e. The Balaban J connectivity index is 2.03. The zero-order chi connectivity index (χ0) is 19.6. The number of aliphatic imine (C=N–C) groups is 1. The summed E-state index contributed by atoms with van der Waals surface area (Å²) in [4.78, 5) is 30.5. The number of carbonyl (C=O) groups excluding carboxylic acids is 2. The standard InChI is InChI=1S/C20H23N3O3S/c1-5-13(24)11(2)16-18(19(21-3)23-20(25)12-9-10-12)27-15-8-6-7-14(26-4)17(15)22-16/h6-8,12,22H,2,5,9-10H2,1,3-4H3,(H,21,23,25). The lowest BCUT2D eigenvalue weighted by molar-refractivity contribution is -0.120. The maximum absolute atomic E-state index is 12.3. The zero-order valence-corrected chi connectivity index (χ0v) is 16.5. The number of ketones is 1. The SMILES string of the molecule is C=C(C(=O)CC)C1=C(C(=NC)NC(=O)C2CC2)Sc2cccc(OC)c2N1. The Morgan fingerprint density at radius 2 is 2.15 bits per heavy atom. The number of ether oxygens (including phenoxy) is 1. The fourth-order valence-electron chi connectivity index (χ4n) is 2.74. The minimum Gasteiger partial charge on any atom is -0.495 e. The van der Waals surface area contributed by atoms with Gasteiger partial charge in [0.15, 0.2) is 5.78 Å². The lowest BCUT2D eigenvalue weighted by Gasteiger charge is -2.27. The van der Waals surface area contributed by atoms with Gasteiger partial charge < -0.3 is 15.4 Å². The minimum absolute atomic E-state index is 0.0353. The van der Waals surface area contributed by atoms with E-state index < -0.39 is 0 Å². The van der Waals surface area contributed by atoms with E-state index >= 15 is 0 Å². The van der Waals surface area contributed by atoms with Crippen molar-refractivity contribution >= 4 is 35.0 Å². The number of Topliss-reactive ketones (excluding diaryl/α,β-unsaturated/α-hetero) is 1. The predicted molar refractivity (Wildman–Crippen MR) is 108 cm³/mol. The average Bonchev–Trinajstić information content (AvgIpc) is 3.54. The second kappa shape index (κ2) is 8.00. The van der Waals surface area contributed by atoms with Crippen LogP contribution in [0.3, 0.4) is 0 Å². The first-order valence-corrected chi connectivity index (χ1v) is 9.68. The van der Waals surface area contributed by atoms with Crippen LogP contribution < -0.4 is 15.4 Å². The molecule has 0 spiro atoms. The predicted octanol–water partition coefficient (Wildman–Crippen LogP) is 3.51. The first kappa shape index (κ1) is 19.2. The van der Waals surface area contributed by atoms with E-state index in [4.69, 9.17) is 4.74 Å². The summed E-state index contributed by atoms with van der Waals surface area (Å²) in [5.41, 5.74) is 1.69. The van der Waals surface area contributed by atoms with Gasteiger partial charge in [0.1, 0.15) is 11.6 Å². The fraction of sp³-hybridized carbons (Fsp3) is 0.350. The number of hydrogen-bond acceptors (Lipinski definition) is 6. The molecule has 0 unspecified atom stereocenters. The van der Waals surface area contributed by atoms with Crippen molar-refractivity contribution in [2.24, 2.45) is 10.9 Å². The second-order valence-electron chi connectivity index (χ2n) is 6.36. The van der Waals surface area contributed by atoms with Crippen LogP contribution in [0.15, 0.2) is 50.8 Å². The third kappa shape index (κ3) is 3.93. The van der Waals surface area contributed by atoms with Gasteiger partial charge in [-0.1, -0.05) is 31.3 Å². The first-order chi connectivity index (χ1) is 13.0. The van der Waals surface area contributed by atoms with Gasteiger partial charge in [0.25, 0.3) is 0 Å². The van der Waals surface area contributed by atoms with Crippen LogP contribution in [0.2, 0.25) is 0 Å². The summed E-state index contributed by atoms with van der Waals surface area (Å²) in [6, 6.07) is 5.70. The molecular formula is C20H23N3O3S. The van der Waals surface area contributed by atoms with Gasteiger partial charge in [0.2, 0.25) is 5.91 Å². The Labute approximate surface area is 163 Å². The molecular weight excluding hydrogens is 362 g/mol. The van der Waals surface area contributed by atoms with Crippen molar-refractivity contribution in [3.8, 4) is 5.75 Å². The average molecular weight is 385 g/mol. The van der Waals surface area contributed by atoms with E-state index in [0.717, 1.165) is 23.4 Å². The third-order valence-electron chi connectivity index (χ3n) is 4.48. The number of para-hydroxylation sites is 1. The van der Waals surface area contributed by atoms with Gasteiger partial charge in [-0.15, -0.1) is 0 Å².